The number of anilines is 2. The van der Waals surface area contributed by atoms with Gasteiger partial charge in [-0.15, -0.1) is 11.3 Å². The number of piperazine rings is 1. The molecule has 33 heavy (non-hydrogen) atoms. The number of aromatic nitrogens is 3. The Hall–Kier alpha value is -3.36. The standard InChI is InChI=1S/C25H26N6OS/c1-17-4-9-21-22(16-17)33-24(29-21)19-5-7-20(8-6-19)28-23(32)18(2)30-12-14-31(15-13-30)25-26-10-3-11-27-25/h3-11,16,18H,12-15H2,1-2H3,(H,28,32). The minimum atomic E-state index is -0.212. The molecule has 1 fully saturated rings. The fraction of sp³-hybridized carbons (Fsp3) is 0.280. The van der Waals surface area contributed by atoms with Gasteiger partial charge in [-0.2, -0.15) is 0 Å². The van der Waals surface area contributed by atoms with Crippen molar-refractivity contribution in [1.82, 2.24) is 19.9 Å². The second-order valence-electron chi connectivity index (χ2n) is 8.30. The summed E-state index contributed by atoms with van der Waals surface area (Å²) in [7, 11) is 0. The summed E-state index contributed by atoms with van der Waals surface area (Å²) in [6, 6.07) is 15.8. The summed E-state index contributed by atoms with van der Waals surface area (Å²) in [6.45, 7) is 7.25. The SMILES string of the molecule is Cc1ccc2nc(-c3ccc(NC(=O)C(C)N4CCN(c5ncccn5)CC4)cc3)sc2c1. The van der Waals surface area contributed by atoms with Crippen LogP contribution in [0.15, 0.2) is 60.9 Å². The highest BCUT2D eigenvalue weighted by Crippen LogP contribution is 2.31. The smallest absolute Gasteiger partial charge is 0.241 e. The highest BCUT2D eigenvalue weighted by Gasteiger charge is 2.26. The number of thiazole rings is 1. The van der Waals surface area contributed by atoms with Gasteiger partial charge in [-0.3, -0.25) is 9.69 Å². The van der Waals surface area contributed by atoms with Crippen LogP contribution in [0.25, 0.3) is 20.8 Å². The summed E-state index contributed by atoms with van der Waals surface area (Å²) >= 11 is 1.69. The van der Waals surface area contributed by atoms with Crippen LogP contribution in [-0.2, 0) is 4.79 Å². The molecule has 8 heteroatoms. The highest BCUT2D eigenvalue weighted by molar-refractivity contribution is 7.21. The predicted octanol–water partition coefficient (Wildman–Crippen LogP) is 4.21. The van der Waals surface area contributed by atoms with Gasteiger partial charge in [0, 0.05) is 49.8 Å². The molecule has 1 aliphatic heterocycles. The molecule has 4 aromatic rings. The van der Waals surface area contributed by atoms with E-state index in [1.165, 1.54) is 10.3 Å². The van der Waals surface area contributed by atoms with Crippen LogP contribution in [0.2, 0.25) is 0 Å². The van der Waals surface area contributed by atoms with E-state index in [4.69, 9.17) is 4.98 Å². The Morgan fingerprint density at radius 1 is 1.03 bits per heavy atom. The van der Waals surface area contributed by atoms with E-state index in [1.807, 2.05) is 37.3 Å². The van der Waals surface area contributed by atoms with Crippen LogP contribution >= 0.6 is 11.3 Å². The monoisotopic (exact) mass is 458 g/mol. The molecule has 2 aromatic heterocycles. The van der Waals surface area contributed by atoms with Crippen LogP contribution in [0.1, 0.15) is 12.5 Å². The van der Waals surface area contributed by atoms with E-state index >= 15 is 0 Å². The van der Waals surface area contributed by atoms with Crippen molar-refractivity contribution in [2.24, 2.45) is 0 Å². The fourth-order valence-electron chi connectivity index (χ4n) is 4.03. The molecule has 7 nitrogen and oxygen atoms in total. The molecule has 0 bridgehead atoms. The van der Waals surface area contributed by atoms with Gasteiger partial charge >= 0.3 is 0 Å². The molecule has 168 valence electrons. The average molecular weight is 459 g/mol. The first-order chi connectivity index (χ1) is 16.1. The molecule has 1 saturated heterocycles. The number of hydrogen-bond acceptors (Lipinski definition) is 7. The number of amides is 1. The van der Waals surface area contributed by atoms with Crippen molar-refractivity contribution in [3.63, 3.8) is 0 Å². The minimum Gasteiger partial charge on any atom is -0.338 e. The molecule has 0 spiro atoms. The maximum Gasteiger partial charge on any atom is 0.241 e. The number of benzene rings is 2. The molecule has 1 amide bonds. The highest BCUT2D eigenvalue weighted by atomic mass is 32.1. The van der Waals surface area contributed by atoms with Gasteiger partial charge in [0.25, 0.3) is 0 Å². The third-order valence-electron chi connectivity index (χ3n) is 6.02. The molecule has 1 N–H and O–H groups in total. The zero-order chi connectivity index (χ0) is 22.8. The number of fused-ring (bicyclic) bond motifs is 1. The zero-order valence-electron chi connectivity index (χ0n) is 18.7. The van der Waals surface area contributed by atoms with Gasteiger partial charge in [0.15, 0.2) is 0 Å². The molecule has 1 unspecified atom stereocenters. The lowest BCUT2D eigenvalue weighted by Gasteiger charge is -2.37. The number of nitrogens with zero attached hydrogens (tertiary/aromatic N) is 5. The van der Waals surface area contributed by atoms with Crippen molar-refractivity contribution in [2.45, 2.75) is 19.9 Å². The molecule has 1 atom stereocenters. The van der Waals surface area contributed by atoms with Gasteiger partial charge < -0.3 is 10.2 Å². The van der Waals surface area contributed by atoms with E-state index in [9.17, 15) is 4.79 Å². The van der Waals surface area contributed by atoms with Crippen molar-refractivity contribution in [3.05, 3.63) is 66.5 Å². The molecule has 0 saturated carbocycles. The first-order valence-electron chi connectivity index (χ1n) is 11.1. The van der Waals surface area contributed by atoms with Crippen molar-refractivity contribution in [2.75, 3.05) is 36.4 Å². The molecular formula is C25H26N6OS. The van der Waals surface area contributed by atoms with Crippen LogP contribution in [0.3, 0.4) is 0 Å². The Balaban J connectivity index is 1.19. The maximum atomic E-state index is 12.9. The lowest BCUT2D eigenvalue weighted by molar-refractivity contribution is -0.120. The van der Waals surface area contributed by atoms with Crippen LogP contribution in [-0.4, -0.2) is 58.0 Å². The van der Waals surface area contributed by atoms with Crippen molar-refractivity contribution in [3.8, 4) is 10.6 Å². The molecule has 1 aliphatic rings. The summed E-state index contributed by atoms with van der Waals surface area (Å²) in [4.78, 5) is 30.6. The van der Waals surface area contributed by atoms with Gasteiger partial charge in [-0.25, -0.2) is 15.0 Å². The van der Waals surface area contributed by atoms with E-state index in [0.29, 0.717) is 0 Å². The van der Waals surface area contributed by atoms with Gasteiger partial charge in [0.2, 0.25) is 11.9 Å². The first kappa shape index (κ1) is 21.5. The first-order valence-corrected chi connectivity index (χ1v) is 11.9. The number of carbonyl (C=O) groups is 1. The predicted molar refractivity (Wildman–Crippen MR) is 134 cm³/mol. The maximum absolute atomic E-state index is 12.9. The van der Waals surface area contributed by atoms with Crippen LogP contribution < -0.4 is 10.2 Å². The van der Waals surface area contributed by atoms with E-state index in [0.717, 1.165) is 53.9 Å². The number of hydrogen-bond donors (Lipinski definition) is 1. The second-order valence-corrected chi connectivity index (χ2v) is 9.34. The van der Waals surface area contributed by atoms with Crippen LogP contribution in [0.5, 0.6) is 0 Å². The molecular weight excluding hydrogens is 432 g/mol. The summed E-state index contributed by atoms with van der Waals surface area (Å²) in [6.07, 6.45) is 3.52. The summed E-state index contributed by atoms with van der Waals surface area (Å²) in [5.74, 6) is 0.750. The number of nitrogens with one attached hydrogen (secondary N) is 1. The quantitative estimate of drug-likeness (QED) is 0.483. The number of rotatable bonds is 5. The second kappa shape index (κ2) is 9.25. The van der Waals surface area contributed by atoms with Gasteiger partial charge in [0.1, 0.15) is 5.01 Å². The minimum absolute atomic E-state index is 0.00243. The third-order valence-corrected chi connectivity index (χ3v) is 7.09. The topological polar surface area (TPSA) is 74.2 Å². The summed E-state index contributed by atoms with van der Waals surface area (Å²) in [5, 5.41) is 4.05. The Morgan fingerprint density at radius 3 is 2.48 bits per heavy atom. The summed E-state index contributed by atoms with van der Waals surface area (Å²) < 4.78 is 1.19. The third kappa shape index (κ3) is 4.72. The zero-order valence-corrected chi connectivity index (χ0v) is 19.5. The normalized spacial score (nSPS) is 15.5. The van der Waals surface area contributed by atoms with E-state index in [1.54, 1.807) is 23.7 Å². The van der Waals surface area contributed by atoms with Crippen molar-refractivity contribution >= 4 is 39.1 Å². The fourth-order valence-corrected chi connectivity index (χ4v) is 5.10. The summed E-state index contributed by atoms with van der Waals surface area (Å²) in [5.41, 5.74) is 4.11. The Kier molecular flexibility index (Phi) is 6.02. The Morgan fingerprint density at radius 2 is 1.76 bits per heavy atom. The number of carbonyl (C=O) groups excluding carboxylic acids is 1. The van der Waals surface area contributed by atoms with E-state index in [-0.39, 0.29) is 11.9 Å². The Bertz CT molecular complexity index is 1250. The van der Waals surface area contributed by atoms with Crippen molar-refractivity contribution in [1.29, 1.82) is 0 Å². The van der Waals surface area contributed by atoms with Crippen molar-refractivity contribution < 1.29 is 4.79 Å². The van der Waals surface area contributed by atoms with Crippen LogP contribution in [0.4, 0.5) is 11.6 Å². The lowest BCUT2D eigenvalue weighted by Crippen LogP contribution is -2.53. The number of aryl methyl sites for hydroxylation is 1. The molecule has 5 rings (SSSR count). The molecule has 0 radical (unpaired) electrons. The van der Waals surface area contributed by atoms with Crippen LogP contribution in [0, 0.1) is 6.92 Å². The lowest BCUT2D eigenvalue weighted by atomic mass is 10.2. The molecule has 2 aromatic carbocycles. The van der Waals surface area contributed by atoms with E-state index < -0.39 is 0 Å². The molecule has 0 aliphatic carbocycles. The largest absolute Gasteiger partial charge is 0.338 e. The van der Waals surface area contributed by atoms with Gasteiger partial charge in [-0.1, -0.05) is 6.07 Å². The molecule has 3 heterocycles. The Labute approximate surface area is 197 Å². The average Bonchev–Trinajstić information content (AvgIpc) is 3.28. The van der Waals surface area contributed by atoms with Gasteiger partial charge in [0.05, 0.1) is 16.3 Å². The van der Waals surface area contributed by atoms with Gasteiger partial charge in [-0.05, 0) is 61.9 Å². The van der Waals surface area contributed by atoms with E-state index in [2.05, 4.69) is 50.2 Å².